The second-order valence-electron chi connectivity index (χ2n) is 5.37. The molecule has 0 aliphatic heterocycles. The predicted octanol–water partition coefficient (Wildman–Crippen LogP) is 4.57. The Balaban J connectivity index is 2.17. The standard InChI is InChI=1S/C17H18F4O4/c1-11-6-14-7-12(9-24-16(18,19)22-2)4-5-13(14)8-15(11)10-25-17(20,21)23-3/h4-8H,9-10H2,1-3H3. The van der Waals surface area contributed by atoms with E-state index in [1.807, 2.05) is 0 Å². The van der Waals surface area contributed by atoms with Crippen LogP contribution in [-0.4, -0.2) is 26.8 Å². The highest BCUT2D eigenvalue weighted by Crippen LogP contribution is 2.26. The van der Waals surface area contributed by atoms with Crippen molar-refractivity contribution < 1.29 is 36.5 Å². The molecule has 0 saturated heterocycles. The Bertz CT molecular complexity index is 734. The van der Waals surface area contributed by atoms with E-state index >= 15 is 0 Å². The minimum Gasteiger partial charge on any atom is -0.299 e. The zero-order chi connectivity index (χ0) is 18.7. The summed E-state index contributed by atoms with van der Waals surface area (Å²) in [6, 6.07) is 8.44. The highest BCUT2D eigenvalue weighted by molar-refractivity contribution is 5.84. The van der Waals surface area contributed by atoms with Crippen LogP contribution >= 0.6 is 0 Å². The molecule has 8 heteroatoms. The molecule has 0 aliphatic rings. The third-order valence-electron chi connectivity index (χ3n) is 3.64. The molecule has 0 fully saturated rings. The van der Waals surface area contributed by atoms with Crippen LogP contribution in [0.3, 0.4) is 0 Å². The van der Waals surface area contributed by atoms with Gasteiger partial charge in [0.2, 0.25) is 0 Å². The number of aryl methyl sites for hydroxylation is 1. The van der Waals surface area contributed by atoms with Crippen molar-refractivity contribution in [3.05, 3.63) is 47.0 Å². The van der Waals surface area contributed by atoms with Gasteiger partial charge >= 0.3 is 12.6 Å². The second kappa shape index (κ2) is 7.65. The number of hydrogen-bond acceptors (Lipinski definition) is 4. The van der Waals surface area contributed by atoms with Gasteiger partial charge in [-0.1, -0.05) is 18.2 Å². The summed E-state index contributed by atoms with van der Waals surface area (Å²) in [5.74, 6) is 0. The van der Waals surface area contributed by atoms with Crippen LogP contribution < -0.4 is 0 Å². The third kappa shape index (κ3) is 5.37. The van der Waals surface area contributed by atoms with Crippen molar-refractivity contribution in [2.45, 2.75) is 32.7 Å². The number of halogens is 4. The summed E-state index contributed by atoms with van der Waals surface area (Å²) in [7, 11) is 1.70. The Morgan fingerprint density at radius 1 is 0.800 bits per heavy atom. The van der Waals surface area contributed by atoms with Gasteiger partial charge in [0, 0.05) is 14.2 Å². The van der Waals surface area contributed by atoms with Crippen LogP contribution in [0.4, 0.5) is 17.6 Å². The van der Waals surface area contributed by atoms with Crippen LogP contribution in [0.15, 0.2) is 30.3 Å². The SMILES string of the molecule is COC(F)(F)OCc1ccc2cc(COC(F)(F)OC)c(C)cc2c1. The van der Waals surface area contributed by atoms with Crippen LogP contribution in [0.1, 0.15) is 16.7 Å². The summed E-state index contributed by atoms with van der Waals surface area (Å²) in [5.41, 5.74) is 1.82. The molecule has 0 spiro atoms. The summed E-state index contributed by atoms with van der Waals surface area (Å²) in [4.78, 5) is 0. The molecule has 2 rings (SSSR count). The molecule has 0 N–H and O–H groups in total. The van der Waals surface area contributed by atoms with E-state index in [9.17, 15) is 17.6 Å². The van der Waals surface area contributed by atoms with Crippen molar-refractivity contribution in [3.8, 4) is 0 Å². The quantitative estimate of drug-likeness (QED) is 0.509. The number of methoxy groups -OCH3 is 2. The lowest BCUT2D eigenvalue weighted by molar-refractivity contribution is -0.388. The summed E-state index contributed by atoms with van der Waals surface area (Å²) in [6.45, 7) is 1.08. The van der Waals surface area contributed by atoms with E-state index in [2.05, 4.69) is 18.9 Å². The smallest absolute Gasteiger partial charge is 0.299 e. The number of fused-ring (bicyclic) bond motifs is 1. The van der Waals surface area contributed by atoms with E-state index in [4.69, 9.17) is 0 Å². The molecule has 0 aromatic heterocycles. The zero-order valence-electron chi connectivity index (χ0n) is 13.9. The predicted molar refractivity (Wildman–Crippen MR) is 82.2 cm³/mol. The number of alkyl halides is 4. The number of hydrogen-bond donors (Lipinski definition) is 0. The third-order valence-corrected chi connectivity index (χ3v) is 3.64. The molecule has 0 aliphatic carbocycles. The zero-order valence-corrected chi connectivity index (χ0v) is 13.9. The van der Waals surface area contributed by atoms with Gasteiger partial charge in [-0.3, -0.25) is 18.9 Å². The molecule has 2 aromatic carbocycles. The van der Waals surface area contributed by atoms with Gasteiger partial charge in [-0.2, -0.15) is 0 Å². The molecule has 0 amide bonds. The number of ether oxygens (including phenoxy) is 4. The van der Waals surface area contributed by atoms with Crippen LogP contribution in [0.2, 0.25) is 0 Å². The van der Waals surface area contributed by atoms with E-state index in [-0.39, 0.29) is 13.2 Å². The summed E-state index contributed by atoms with van der Waals surface area (Å²) < 4.78 is 68.6. The molecule has 0 heterocycles. The van der Waals surface area contributed by atoms with Crippen LogP contribution in [0.5, 0.6) is 0 Å². The van der Waals surface area contributed by atoms with E-state index in [1.165, 1.54) is 0 Å². The molecule has 2 aromatic rings. The fourth-order valence-corrected chi connectivity index (χ4v) is 2.20. The molecule has 0 saturated carbocycles. The van der Waals surface area contributed by atoms with Crippen molar-refractivity contribution in [3.63, 3.8) is 0 Å². The normalized spacial score (nSPS) is 12.8. The van der Waals surface area contributed by atoms with Gasteiger partial charge in [-0.25, -0.2) is 0 Å². The van der Waals surface area contributed by atoms with Crippen molar-refractivity contribution in [1.29, 1.82) is 0 Å². The first-order chi connectivity index (χ1) is 11.7. The van der Waals surface area contributed by atoms with Crippen LogP contribution in [0, 0.1) is 6.92 Å². The van der Waals surface area contributed by atoms with E-state index < -0.39 is 12.6 Å². The highest BCUT2D eigenvalue weighted by Gasteiger charge is 2.30. The minimum absolute atomic E-state index is 0.326. The van der Waals surface area contributed by atoms with E-state index in [1.54, 1.807) is 37.3 Å². The average Bonchev–Trinajstić information content (AvgIpc) is 2.58. The maximum Gasteiger partial charge on any atom is 0.485 e. The molecule has 0 unspecified atom stereocenters. The van der Waals surface area contributed by atoms with Gasteiger partial charge < -0.3 is 0 Å². The first-order valence-corrected chi connectivity index (χ1v) is 7.32. The van der Waals surface area contributed by atoms with Crippen molar-refractivity contribution in [2.24, 2.45) is 0 Å². The Labute approximate surface area is 142 Å². The lowest BCUT2D eigenvalue weighted by Gasteiger charge is -2.16. The second-order valence-corrected chi connectivity index (χ2v) is 5.37. The Morgan fingerprint density at radius 2 is 1.40 bits per heavy atom. The van der Waals surface area contributed by atoms with Crippen molar-refractivity contribution >= 4 is 10.8 Å². The maximum atomic E-state index is 13.0. The first-order valence-electron chi connectivity index (χ1n) is 7.32. The van der Waals surface area contributed by atoms with Crippen molar-refractivity contribution in [1.82, 2.24) is 0 Å². The lowest BCUT2D eigenvalue weighted by atomic mass is 10.0. The molecule has 25 heavy (non-hydrogen) atoms. The first kappa shape index (κ1) is 19.6. The van der Waals surface area contributed by atoms with Crippen LogP contribution in [-0.2, 0) is 32.2 Å². The molecular formula is C17H18F4O4. The Morgan fingerprint density at radius 3 is 2.00 bits per heavy atom. The lowest BCUT2D eigenvalue weighted by Crippen LogP contribution is -2.22. The molecule has 138 valence electrons. The fraction of sp³-hybridized carbons (Fsp3) is 0.412. The van der Waals surface area contributed by atoms with Gasteiger partial charge in [0.1, 0.15) is 0 Å². The van der Waals surface area contributed by atoms with Gasteiger partial charge in [0.15, 0.2) is 0 Å². The maximum absolute atomic E-state index is 13.0. The molecule has 4 nitrogen and oxygen atoms in total. The van der Waals surface area contributed by atoms with Gasteiger partial charge in [0.25, 0.3) is 0 Å². The molecule has 0 bridgehead atoms. The summed E-state index contributed by atoms with van der Waals surface area (Å²) in [5, 5.41) is 1.52. The van der Waals surface area contributed by atoms with E-state index in [0.717, 1.165) is 30.6 Å². The number of rotatable bonds is 8. The summed E-state index contributed by atoms with van der Waals surface area (Å²) in [6.07, 6.45) is -7.31. The highest BCUT2D eigenvalue weighted by atomic mass is 19.3. The molecular weight excluding hydrogens is 344 g/mol. The molecule has 0 atom stereocenters. The number of benzene rings is 2. The van der Waals surface area contributed by atoms with Gasteiger partial charge in [-0.05, 0) is 46.5 Å². The summed E-state index contributed by atoms with van der Waals surface area (Å²) >= 11 is 0. The van der Waals surface area contributed by atoms with E-state index in [0.29, 0.717) is 11.1 Å². The average molecular weight is 362 g/mol. The monoisotopic (exact) mass is 362 g/mol. The largest absolute Gasteiger partial charge is 0.485 e. The van der Waals surface area contributed by atoms with Gasteiger partial charge in [-0.15, -0.1) is 17.6 Å². The topological polar surface area (TPSA) is 36.9 Å². The fourth-order valence-electron chi connectivity index (χ4n) is 2.20. The van der Waals surface area contributed by atoms with Crippen molar-refractivity contribution in [2.75, 3.05) is 14.2 Å². The minimum atomic E-state index is -3.66. The van der Waals surface area contributed by atoms with Gasteiger partial charge in [0.05, 0.1) is 13.2 Å². The van der Waals surface area contributed by atoms with Crippen LogP contribution in [0.25, 0.3) is 10.8 Å². The Kier molecular flexibility index (Phi) is 5.99. The molecule has 0 radical (unpaired) electrons. The Hall–Kier alpha value is -1.74.